The Morgan fingerprint density at radius 2 is 2.03 bits per heavy atom. The lowest BCUT2D eigenvalue weighted by molar-refractivity contribution is -0.143. The molecule has 6 nitrogen and oxygen atoms in total. The summed E-state index contributed by atoms with van der Waals surface area (Å²) in [7, 11) is 0. The highest BCUT2D eigenvalue weighted by Gasteiger charge is 2.34. The van der Waals surface area contributed by atoms with Crippen molar-refractivity contribution in [3.8, 4) is 5.69 Å². The Kier molecular flexibility index (Phi) is 7.95. The number of alkyl halides is 3. The predicted molar refractivity (Wildman–Crippen MR) is 117 cm³/mol. The molecule has 2 N–H and O–H groups in total. The van der Waals surface area contributed by atoms with Gasteiger partial charge in [-0.15, -0.1) is 0 Å². The molecule has 0 bridgehead atoms. The maximum absolute atomic E-state index is 12.6. The Morgan fingerprint density at radius 3 is 2.74 bits per heavy atom. The maximum atomic E-state index is 12.6. The van der Waals surface area contributed by atoms with E-state index in [-0.39, 0.29) is 6.04 Å². The van der Waals surface area contributed by atoms with Crippen LogP contribution < -0.4 is 10.6 Å². The minimum absolute atomic E-state index is 0.0218. The standard InChI is InChI=1S/C22H31F3N6/c1-3-26-21(28-19-11-13-30(15-19)16-22(23,24)25)27-12-7-8-18-14-31(29-17(18)2)20-9-5-4-6-10-20/h4-6,9-10,14,19H,3,7-8,11-13,15-16H2,1-2H3,(H2,26,27,28). The number of para-hydroxylation sites is 1. The molecule has 1 aliphatic heterocycles. The van der Waals surface area contributed by atoms with E-state index in [4.69, 9.17) is 0 Å². The van der Waals surface area contributed by atoms with Crippen molar-refractivity contribution in [1.29, 1.82) is 0 Å². The zero-order valence-corrected chi connectivity index (χ0v) is 18.1. The lowest BCUT2D eigenvalue weighted by Gasteiger charge is -2.19. The molecule has 0 radical (unpaired) electrons. The average Bonchev–Trinajstić information content (AvgIpc) is 3.31. The number of aromatic nitrogens is 2. The summed E-state index contributed by atoms with van der Waals surface area (Å²) in [6.07, 6.45) is 0.316. The van der Waals surface area contributed by atoms with Gasteiger partial charge in [0.2, 0.25) is 0 Å². The molecule has 0 saturated carbocycles. The van der Waals surface area contributed by atoms with Crippen molar-refractivity contribution in [2.24, 2.45) is 4.99 Å². The fourth-order valence-electron chi connectivity index (χ4n) is 3.78. The van der Waals surface area contributed by atoms with E-state index in [9.17, 15) is 13.2 Å². The van der Waals surface area contributed by atoms with Crippen LogP contribution in [0.4, 0.5) is 13.2 Å². The van der Waals surface area contributed by atoms with Crippen molar-refractivity contribution in [3.63, 3.8) is 0 Å². The molecule has 1 saturated heterocycles. The molecule has 2 heterocycles. The monoisotopic (exact) mass is 436 g/mol. The Bertz CT molecular complexity index is 847. The summed E-state index contributed by atoms with van der Waals surface area (Å²) < 4.78 is 39.7. The fourth-order valence-corrected chi connectivity index (χ4v) is 3.78. The Morgan fingerprint density at radius 1 is 1.26 bits per heavy atom. The summed E-state index contributed by atoms with van der Waals surface area (Å²) in [5.41, 5.74) is 3.23. The molecular formula is C22H31F3N6. The second kappa shape index (κ2) is 10.7. The van der Waals surface area contributed by atoms with E-state index in [1.54, 1.807) is 0 Å². The van der Waals surface area contributed by atoms with Crippen LogP contribution in [0.5, 0.6) is 0 Å². The molecule has 1 atom stereocenters. The number of hydrogen-bond donors (Lipinski definition) is 2. The lowest BCUT2D eigenvalue weighted by atomic mass is 10.1. The summed E-state index contributed by atoms with van der Waals surface area (Å²) in [5.74, 6) is 0.665. The molecule has 1 fully saturated rings. The number of nitrogens with zero attached hydrogens (tertiary/aromatic N) is 4. The summed E-state index contributed by atoms with van der Waals surface area (Å²) in [6, 6.07) is 9.98. The molecule has 0 aliphatic carbocycles. The number of benzene rings is 1. The zero-order chi connectivity index (χ0) is 22.3. The van der Waals surface area contributed by atoms with Crippen molar-refractivity contribution in [2.75, 3.05) is 32.7 Å². The number of rotatable bonds is 8. The SMILES string of the molecule is CCNC(=NCCCc1cn(-c2ccccc2)nc1C)NC1CCN(CC(F)(F)F)C1. The van der Waals surface area contributed by atoms with Crippen molar-refractivity contribution in [3.05, 3.63) is 47.8 Å². The van der Waals surface area contributed by atoms with Crippen molar-refractivity contribution in [2.45, 2.75) is 45.3 Å². The normalized spacial score (nSPS) is 17.8. The first kappa shape index (κ1) is 23.1. The third-order valence-electron chi connectivity index (χ3n) is 5.26. The molecule has 31 heavy (non-hydrogen) atoms. The van der Waals surface area contributed by atoms with Crippen LogP contribution in [0.15, 0.2) is 41.5 Å². The first-order valence-electron chi connectivity index (χ1n) is 10.8. The molecule has 0 spiro atoms. The second-order valence-electron chi connectivity index (χ2n) is 7.86. The van der Waals surface area contributed by atoms with E-state index in [1.807, 2.05) is 48.9 Å². The number of likely N-dealkylation sites (tertiary alicyclic amines) is 1. The van der Waals surface area contributed by atoms with Gasteiger partial charge in [-0.1, -0.05) is 18.2 Å². The smallest absolute Gasteiger partial charge is 0.357 e. The minimum atomic E-state index is -4.15. The van der Waals surface area contributed by atoms with Crippen molar-refractivity contribution < 1.29 is 13.2 Å². The number of guanidine groups is 1. The summed E-state index contributed by atoms with van der Waals surface area (Å²) in [4.78, 5) is 6.05. The molecule has 9 heteroatoms. The van der Waals surface area contributed by atoms with Crippen LogP contribution >= 0.6 is 0 Å². The first-order valence-corrected chi connectivity index (χ1v) is 10.8. The van der Waals surface area contributed by atoms with Crippen LogP contribution in [-0.2, 0) is 6.42 Å². The third kappa shape index (κ3) is 7.27. The van der Waals surface area contributed by atoms with Crippen LogP contribution in [0.2, 0.25) is 0 Å². The number of aryl methyl sites for hydroxylation is 2. The molecule has 1 unspecified atom stereocenters. The summed E-state index contributed by atoms with van der Waals surface area (Å²) in [6.45, 7) is 5.29. The van der Waals surface area contributed by atoms with E-state index < -0.39 is 12.7 Å². The highest BCUT2D eigenvalue weighted by Crippen LogP contribution is 2.20. The summed E-state index contributed by atoms with van der Waals surface area (Å²) >= 11 is 0. The van der Waals surface area contributed by atoms with Crippen molar-refractivity contribution in [1.82, 2.24) is 25.3 Å². The largest absolute Gasteiger partial charge is 0.401 e. The van der Waals surface area contributed by atoms with E-state index in [1.165, 1.54) is 10.5 Å². The molecule has 3 rings (SSSR count). The van der Waals surface area contributed by atoms with Gasteiger partial charge in [0.25, 0.3) is 0 Å². The van der Waals surface area contributed by atoms with Gasteiger partial charge in [-0.25, -0.2) is 4.68 Å². The third-order valence-corrected chi connectivity index (χ3v) is 5.26. The molecule has 0 amide bonds. The van der Waals surface area contributed by atoms with E-state index >= 15 is 0 Å². The Labute approximate surface area is 181 Å². The van der Waals surface area contributed by atoms with Gasteiger partial charge >= 0.3 is 6.18 Å². The van der Waals surface area contributed by atoms with Gasteiger partial charge in [-0.3, -0.25) is 9.89 Å². The number of halogens is 3. The number of aliphatic imine (C=N–C) groups is 1. The van der Waals surface area contributed by atoms with Crippen LogP contribution in [0, 0.1) is 6.92 Å². The molecular weight excluding hydrogens is 405 g/mol. The van der Waals surface area contributed by atoms with Crippen LogP contribution in [-0.4, -0.2) is 65.6 Å². The van der Waals surface area contributed by atoms with Gasteiger partial charge in [-0.05, 0) is 50.8 Å². The highest BCUT2D eigenvalue weighted by molar-refractivity contribution is 5.80. The Hall–Kier alpha value is -2.55. The highest BCUT2D eigenvalue weighted by atomic mass is 19.4. The second-order valence-corrected chi connectivity index (χ2v) is 7.86. The van der Waals surface area contributed by atoms with Gasteiger partial charge < -0.3 is 10.6 Å². The average molecular weight is 437 g/mol. The minimum Gasteiger partial charge on any atom is -0.357 e. The van der Waals surface area contributed by atoms with Crippen molar-refractivity contribution >= 4 is 5.96 Å². The molecule has 170 valence electrons. The Balaban J connectivity index is 1.49. The van der Waals surface area contributed by atoms with Gasteiger partial charge in [0.15, 0.2) is 5.96 Å². The maximum Gasteiger partial charge on any atom is 0.401 e. The fraction of sp³-hybridized carbons (Fsp3) is 0.545. The van der Waals surface area contributed by atoms with Gasteiger partial charge in [0.1, 0.15) is 0 Å². The van der Waals surface area contributed by atoms with E-state index in [0.29, 0.717) is 38.6 Å². The van der Waals surface area contributed by atoms with Gasteiger partial charge in [0, 0.05) is 38.4 Å². The van der Waals surface area contributed by atoms with E-state index in [2.05, 4.69) is 26.9 Å². The van der Waals surface area contributed by atoms with Crippen LogP contribution in [0.3, 0.4) is 0 Å². The molecule has 1 aromatic carbocycles. The summed E-state index contributed by atoms with van der Waals surface area (Å²) in [5, 5.41) is 11.1. The van der Waals surface area contributed by atoms with Crippen LogP contribution in [0.1, 0.15) is 31.0 Å². The zero-order valence-electron chi connectivity index (χ0n) is 18.1. The molecule has 1 aliphatic rings. The van der Waals surface area contributed by atoms with Crippen LogP contribution in [0.25, 0.3) is 5.69 Å². The quantitative estimate of drug-likeness (QED) is 0.379. The topological polar surface area (TPSA) is 57.5 Å². The van der Waals surface area contributed by atoms with E-state index in [0.717, 1.165) is 24.2 Å². The molecule has 2 aromatic rings. The lowest BCUT2D eigenvalue weighted by Crippen LogP contribution is -2.45. The first-order chi connectivity index (χ1) is 14.8. The number of hydrogen-bond acceptors (Lipinski definition) is 3. The van der Waals surface area contributed by atoms with Gasteiger partial charge in [0.05, 0.1) is 17.9 Å². The molecule has 1 aromatic heterocycles. The number of nitrogens with one attached hydrogen (secondary N) is 2. The van der Waals surface area contributed by atoms with Gasteiger partial charge in [-0.2, -0.15) is 18.3 Å². The predicted octanol–water partition coefficient (Wildman–Crippen LogP) is 3.31.